The summed E-state index contributed by atoms with van der Waals surface area (Å²) in [5.41, 5.74) is 0. The SMILES string of the molecule is CCCCCCCCCCCCCCCCC(=O)O[C@H](COC(=O)CCCCCCC)COC(=O)CCCCCCCCCCCCCCCCCC(C)C. The van der Waals surface area contributed by atoms with Gasteiger partial charge in [0, 0.05) is 19.3 Å². The lowest BCUT2D eigenvalue weighted by Gasteiger charge is -2.18. The third kappa shape index (κ3) is 43.4. The second kappa shape index (κ2) is 43.5. The summed E-state index contributed by atoms with van der Waals surface area (Å²) in [6, 6.07) is 0. The van der Waals surface area contributed by atoms with Crippen molar-refractivity contribution in [1.29, 1.82) is 0 Å². The molecular formula is C49H94O6. The van der Waals surface area contributed by atoms with Gasteiger partial charge in [-0.15, -0.1) is 0 Å². The highest BCUT2D eigenvalue weighted by Crippen LogP contribution is 2.17. The van der Waals surface area contributed by atoms with Crippen molar-refractivity contribution in [1.82, 2.24) is 0 Å². The second-order valence-electron chi connectivity index (χ2n) is 17.2. The van der Waals surface area contributed by atoms with Crippen molar-refractivity contribution in [2.75, 3.05) is 13.2 Å². The van der Waals surface area contributed by atoms with E-state index in [9.17, 15) is 14.4 Å². The minimum Gasteiger partial charge on any atom is -0.462 e. The molecule has 0 unspecified atom stereocenters. The van der Waals surface area contributed by atoms with Crippen molar-refractivity contribution >= 4 is 17.9 Å². The van der Waals surface area contributed by atoms with Crippen LogP contribution in [-0.4, -0.2) is 37.2 Å². The van der Waals surface area contributed by atoms with Crippen molar-refractivity contribution in [3.05, 3.63) is 0 Å². The lowest BCUT2D eigenvalue weighted by Crippen LogP contribution is -2.30. The molecule has 0 aromatic rings. The number of carbonyl (C=O) groups is 3. The monoisotopic (exact) mass is 779 g/mol. The third-order valence-corrected chi connectivity index (χ3v) is 11.0. The zero-order valence-electron chi connectivity index (χ0n) is 37.4. The Morgan fingerprint density at radius 1 is 0.345 bits per heavy atom. The average molecular weight is 779 g/mol. The van der Waals surface area contributed by atoms with Crippen LogP contribution in [0.2, 0.25) is 0 Å². The number of unbranched alkanes of at least 4 members (excludes halogenated alkanes) is 31. The molecule has 0 spiro atoms. The Hall–Kier alpha value is -1.59. The zero-order chi connectivity index (χ0) is 40.3. The van der Waals surface area contributed by atoms with Crippen LogP contribution in [0.1, 0.15) is 272 Å². The molecule has 0 saturated heterocycles. The van der Waals surface area contributed by atoms with Crippen molar-refractivity contribution in [2.24, 2.45) is 5.92 Å². The number of ether oxygens (including phenoxy) is 3. The van der Waals surface area contributed by atoms with Gasteiger partial charge in [-0.2, -0.15) is 0 Å². The van der Waals surface area contributed by atoms with E-state index >= 15 is 0 Å². The van der Waals surface area contributed by atoms with Crippen LogP contribution in [0.4, 0.5) is 0 Å². The van der Waals surface area contributed by atoms with Gasteiger partial charge in [-0.1, -0.05) is 233 Å². The Morgan fingerprint density at radius 3 is 0.891 bits per heavy atom. The maximum atomic E-state index is 12.7. The van der Waals surface area contributed by atoms with Crippen LogP contribution in [0.25, 0.3) is 0 Å². The standard InChI is InChI=1S/C49H94O6/c1-5-7-9-11-12-13-14-15-20-24-27-30-34-38-42-49(52)55-46(43-53-47(50)40-36-31-10-8-6-2)44-54-48(51)41-37-33-29-26-23-21-18-16-17-19-22-25-28-32-35-39-45(3)4/h45-46H,5-44H2,1-4H3/t46-/m1/s1. The maximum absolute atomic E-state index is 12.7. The topological polar surface area (TPSA) is 78.9 Å². The Bertz CT molecular complexity index is 826. The Morgan fingerprint density at radius 2 is 0.600 bits per heavy atom. The van der Waals surface area contributed by atoms with Gasteiger partial charge in [0.15, 0.2) is 6.10 Å². The second-order valence-corrected chi connectivity index (χ2v) is 17.2. The number of hydrogen-bond acceptors (Lipinski definition) is 6. The van der Waals surface area contributed by atoms with Crippen LogP contribution >= 0.6 is 0 Å². The highest BCUT2D eigenvalue weighted by molar-refractivity contribution is 5.71. The summed E-state index contributed by atoms with van der Waals surface area (Å²) in [7, 11) is 0. The van der Waals surface area contributed by atoms with E-state index in [-0.39, 0.29) is 31.1 Å². The summed E-state index contributed by atoms with van der Waals surface area (Å²) >= 11 is 0. The van der Waals surface area contributed by atoms with Crippen LogP contribution in [0.15, 0.2) is 0 Å². The fourth-order valence-corrected chi connectivity index (χ4v) is 7.33. The first kappa shape index (κ1) is 53.4. The lowest BCUT2D eigenvalue weighted by molar-refractivity contribution is -0.167. The molecule has 1 atom stereocenters. The molecule has 0 heterocycles. The van der Waals surface area contributed by atoms with Crippen molar-refractivity contribution in [3.63, 3.8) is 0 Å². The molecule has 0 aromatic carbocycles. The molecule has 326 valence electrons. The lowest BCUT2D eigenvalue weighted by atomic mass is 10.0. The fourth-order valence-electron chi connectivity index (χ4n) is 7.33. The van der Waals surface area contributed by atoms with E-state index in [1.165, 1.54) is 161 Å². The first-order valence-electron chi connectivity index (χ1n) is 24.4. The summed E-state index contributed by atoms with van der Waals surface area (Å²) in [5, 5.41) is 0. The number of carbonyl (C=O) groups excluding carboxylic acids is 3. The highest BCUT2D eigenvalue weighted by Gasteiger charge is 2.19. The maximum Gasteiger partial charge on any atom is 0.306 e. The Kier molecular flexibility index (Phi) is 42.3. The van der Waals surface area contributed by atoms with Gasteiger partial charge in [0.2, 0.25) is 0 Å². The zero-order valence-corrected chi connectivity index (χ0v) is 37.4. The average Bonchev–Trinajstić information content (AvgIpc) is 3.17. The molecular weight excluding hydrogens is 685 g/mol. The van der Waals surface area contributed by atoms with Gasteiger partial charge >= 0.3 is 17.9 Å². The van der Waals surface area contributed by atoms with Crippen molar-refractivity contribution < 1.29 is 28.6 Å². The van der Waals surface area contributed by atoms with Crippen molar-refractivity contribution in [3.8, 4) is 0 Å². The third-order valence-electron chi connectivity index (χ3n) is 11.0. The quantitative estimate of drug-likeness (QED) is 0.0348. The molecule has 0 rings (SSSR count). The van der Waals surface area contributed by atoms with Crippen LogP contribution in [0, 0.1) is 5.92 Å². The predicted octanol–water partition coefficient (Wildman–Crippen LogP) is 15.5. The fraction of sp³-hybridized carbons (Fsp3) is 0.939. The van der Waals surface area contributed by atoms with E-state index in [2.05, 4.69) is 27.7 Å². The van der Waals surface area contributed by atoms with Crippen LogP contribution in [0.5, 0.6) is 0 Å². The Labute approximate surface area is 342 Å². The molecule has 0 aliphatic carbocycles. The normalized spacial score (nSPS) is 11.9. The van der Waals surface area contributed by atoms with E-state index < -0.39 is 6.10 Å². The van der Waals surface area contributed by atoms with E-state index in [0.29, 0.717) is 19.3 Å². The van der Waals surface area contributed by atoms with Crippen LogP contribution in [0.3, 0.4) is 0 Å². The van der Waals surface area contributed by atoms with Crippen molar-refractivity contribution in [2.45, 2.75) is 278 Å². The van der Waals surface area contributed by atoms with Crippen LogP contribution in [-0.2, 0) is 28.6 Å². The molecule has 0 bridgehead atoms. The molecule has 55 heavy (non-hydrogen) atoms. The van der Waals surface area contributed by atoms with Gasteiger partial charge in [0.25, 0.3) is 0 Å². The summed E-state index contributed by atoms with van der Waals surface area (Å²) < 4.78 is 16.6. The smallest absolute Gasteiger partial charge is 0.306 e. The number of rotatable bonds is 44. The molecule has 0 aliphatic rings. The van der Waals surface area contributed by atoms with Gasteiger partial charge in [0.1, 0.15) is 13.2 Å². The number of hydrogen-bond donors (Lipinski definition) is 0. The summed E-state index contributed by atoms with van der Waals surface area (Å²) in [4.78, 5) is 37.5. The minimum absolute atomic E-state index is 0.0641. The summed E-state index contributed by atoms with van der Waals surface area (Å²) in [5.74, 6) is -0.0136. The number of esters is 3. The van der Waals surface area contributed by atoms with E-state index in [1.807, 2.05) is 0 Å². The minimum atomic E-state index is -0.758. The molecule has 6 heteroatoms. The molecule has 0 fully saturated rings. The molecule has 0 N–H and O–H groups in total. The van der Waals surface area contributed by atoms with E-state index in [0.717, 1.165) is 70.1 Å². The molecule has 0 aromatic heterocycles. The Balaban J connectivity index is 4.12. The van der Waals surface area contributed by atoms with Gasteiger partial charge < -0.3 is 14.2 Å². The van der Waals surface area contributed by atoms with Gasteiger partial charge in [-0.3, -0.25) is 14.4 Å². The molecule has 0 radical (unpaired) electrons. The van der Waals surface area contributed by atoms with E-state index in [1.54, 1.807) is 0 Å². The van der Waals surface area contributed by atoms with Gasteiger partial charge in [0.05, 0.1) is 0 Å². The van der Waals surface area contributed by atoms with Crippen LogP contribution < -0.4 is 0 Å². The molecule has 0 amide bonds. The summed E-state index contributed by atoms with van der Waals surface area (Å²) in [6.45, 7) is 8.95. The predicted molar refractivity (Wildman–Crippen MR) is 233 cm³/mol. The first-order chi connectivity index (χ1) is 26.9. The van der Waals surface area contributed by atoms with Gasteiger partial charge in [-0.25, -0.2) is 0 Å². The molecule has 0 aliphatic heterocycles. The van der Waals surface area contributed by atoms with E-state index in [4.69, 9.17) is 14.2 Å². The highest BCUT2D eigenvalue weighted by atomic mass is 16.6. The molecule has 6 nitrogen and oxygen atoms in total. The molecule has 0 saturated carbocycles. The van der Waals surface area contributed by atoms with Gasteiger partial charge in [-0.05, 0) is 25.2 Å². The largest absolute Gasteiger partial charge is 0.462 e. The first-order valence-corrected chi connectivity index (χ1v) is 24.4. The summed E-state index contributed by atoms with van der Waals surface area (Å²) in [6.07, 6.45) is 44.0.